The Balaban J connectivity index is 1.97. The minimum Gasteiger partial charge on any atom is -0.512 e. The second kappa shape index (κ2) is 5.16. The molecule has 2 aliphatic carbocycles. The van der Waals surface area contributed by atoms with E-state index < -0.39 is 11.4 Å². The first kappa shape index (κ1) is 14.6. The summed E-state index contributed by atoms with van der Waals surface area (Å²) in [5, 5.41) is 9.95. The molecular weight excluding hydrogens is 284 g/mol. The molecule has 3 rings (SSSR count). The molecule has 1 aromatic rings. The van der Waals surface area contributed by atoms with Crippen LogP contribution in [0.3, 0.4) is 0 Å². The number of ether oxygens (including phenoxy) is 2. The van der Waals surface area contributed by atoms with E-state index >= 15 is 0 Å². The van der Waals surface area contributed by atoms with Crippen LogP contribution in [0.4, 0.5) is 0 Å². The molecule has 0 heterocycles. The maximum Gasteiger partial charge on any atom is 0.337 e. The van der Waals surface area contributed by atoms with Crippen molar-refractivity contribution in [3.8, 4) is 5.75 Å². The molecule has 0 fully saturated rings. The normalized spacial score (nSPS) is 23.6. The molecule has 0 aliphatic heterocycles. The maximum atomic E-state index is 12.9. The standard InChI is InChI=1S/C17H18O5/c1-21-11-4-3-10-8-17(15(19)12(10)7-11)6-5-14(18)13(9-17)16(20)22-2/h3-4,7,18H,5-6,8-9H2,1-2H3. The summed E-state index contributed by atoms with van der Waals surface area (Å²) in [6.45, 7) is 0. The summed E-state index contributed by atoms with van der Waals surface area (Å²) in [6.07, 6.45) is 1.66. The Bertz CT molecular complexity index is 688. The van der Waals surface area contributed by atoms with E-state index in [1.165, 1.54) is 7.11 Å². The predicted octanol–water partition coefficient (Wildman–Crippen LogP) is 2.59. The van der Waals surface area contributed by atoms with E-state index in [4.69, 9.17) is 9.47 Å². The van der Waals surface area contributed by atoms with Crippen LogP contribution < -0.4 is 4.74 Å². The van der Waals surface area contributed by atoms with Crippen molar-refractivity contribution in [1.82, 2.24) is 0 Å². The summed E-state index contributed by atoms with van der Waals surface area (Å²) in [4.78, 5) is 24.7. The molecule has 5 nitrogen and oxygen atoms in total. The van der Waals surface area contributed by atoms with Crippen molar-refractivity contribution in [2.24, 2.45) is 5.41 Å². The molecule has 0 amide bonds. The Labute approximate surface area is 128 Å². The maximum absolute atomic E-state index is 12.9. The third kappa shape index (κ3) is 2.08. The lowest BCUT2D eigenvalue weighted by Gasteiger charge is -2.32. The van der Waals surface area contributed by atoms with Crippen molar-refractivity contribution in [2.75, 3.05) is 14.2 Å². The highest BCUT2D eigenvalue weighted by Crippen LogP contribution is 2.49. The van der Waals surface area contributed by atoms with Crippen LogP contribution in [0.25, 0.3) is 0 Å². The predicted molar refractivity (Wildman–Crippen MR) is 79.0 cm³/mol. The number of rotatable bonds is 2. The van der Waals surface area contributed by atoms with Gasteiger partial charge in [0.25, 0.3) is 0 Å². The van der Waals surface area contributed by atoms with Gasteiger partial charge in [0.15, 0.2) is 5.78 Å². The number of Topliss-reactive ketones (excluding diaryl/α,β-unsaturated/α-hetero) is 1. The van der Waals surface area contributed by atoms with E-state index in [9.17, 15) is 14.7 Å². The molecule has 116 valence electrons. The number of esters is 1. The zero-order valence-corrected chi connectivity index (χ0v) is 12.6. The van der Waals surface area contributed by atoms with Gasteiger partial charge in [-0.25, -0.2) is 4.79 Å². The first-order chi connectivity index (χ1) is 10.5. The SMILES string of the molecule is COC(=O)C1=C(O)CCC2(C1)Cc1ccc(OC)cc1C2=O. The number of ketones is 1. The molecule has 2 aliphatic rings. The number of aliphatic hydroxyl groups excluding tert-OH is 1. The van der Waals surface area contributed by atoms with Crippen LogP contribution in [0.15, 0.2) is 29.5 Å². The Morgan fingerprint density at radius 1 is 1.27 bits per heavy atom. The zero-order valence-electron chi connectivity index (χ0n) is 12.6. The van der Waals surface area contributed by atoms with Gasteiger partial charge in [-0.2, -0.15) is 0 Å². The van der Waals surface area contributed by atoms with Gasteiger partial charge in [-0.3, -0.25) is 4.79 Å². The number of allylic oxidation sites excluding steroid dienone is 1. The van der Waals surface area contributed by atoms with Crippen LogP contribution in [0.5, 0.6) is 5.75 Å². The third-order valence-electron chi connectivity index (χ3n) is 4.71. The molecule has 1 atom stereocenters. The summed E-state index contributed by atoms with van der Waals surface area (Å²) >= 11 is 0. The molecule has 0 aromatic heterocycles. The molecule has 1 spiro atoms. The largest absolute Gasteiger partial charge is 0.512 e. The minimum absolute atomic E-state index is 0.0234. The van der Waals surface area contributed by atoms with Crippen LogP contribution in [0.1, 0.15) is 35.2 Å². The van der Waals surface area contributed by atoms with Gasteiger partial charge in [-0.1, -0.05) is 6.07 Å². The monoisotopic (exact) mass is 302 g/mol. The van der Waals surface area contributed by atoms with Crippen molar-refractivity contribution in [3.05, 3.63) is 40.7 Å². The third-order valence-corrected chi connectivity index (χ3v) is 4.71. The Morgan fingerprint density at radius 2 is 2.05 bits per heavy atom. The molecule has 1 aromatic carbocycles. The second-order valence-corrected chi connectivity index (χ2v) is 5.90. The first-order valence-corrected chi connectivity index (χ1v) is 7.22. The summed E-state index contributed by atoms with van der Waals surface area (Å²) < 4.78 is 9.91. The fourth-order valence-corrected chi connectivity index (χ4v) is 3.47. The number of carbonyl (C=O) groups excluding carboxylic acids is 2. The van der Waals surface area contributed by atoms with E-state index in [-0.39, 0.29) is 23.5 Å². The first-order valence-electron chi connectivity index (χ1n) is 7.22. The second-order valence-electron chi connectivity index (χ2n) is 5.90. The molecule has 0 radical (unpaired) electrons. The van der Waals surface area contributed by atoms with Crippen molar-refractivity contribution in [3.63, 3.8) is 0 Å². The van der Waals surface area contributed by atoms with Gasteiger partial charge < -0.3 is 14.6 Å². The molecule has 1 unspecified atom stereocenters. The van der Waals surface area contributed by atoms with Crippen LogP contribution >= 0.6 is 0 Å². The fourth-order valence-electron chi connectivity index (χ4n) is 3.47. The molecule has 1 N–H and O–H groups in total. The lowest BCUT2D eigenvalue weighted by molar-refractivity contribution is -0.136. The number of methoxy groups -OCH3 is 2. The zero-order chi connectivity index (χ0) is 15.9. The highest BCUT2D eigenvalue weighted by Gasteiger charge is 2.49. The number of hydrogen-bond acceptors (Lipinski definition) is 5. The van der Waals surface area contributed by atoms with Crippen molar-refractivity contribution >= 4 is 11.8 Å². The van der Waals surface area contributed by atoms with E-state index in [1.807, 2.05) is 12.1 Å². The Morgan fingerprint density at radius 3 is 2.73 bits per heavy atom. The average molecular weight is 302 g/mol. The molecule has 22 heavy (non-hydrogen) atoms. The van der Waals surface area contributed by atoms with Crippen LogP contribution in [0.2, 0.25) is 0 Å². The van der Waals surface area contributed by atoms with Crippen molar-refractivity contribution in [2.45, 2.75) is 25.7 Å². The van der Waals surface area contributed by atoms with E-state index in [0.717, 1.165) is 5.56 Å². The summed E-state index contributed by atoms with van der Waals surface area (Å²) in [6, 6.07) is 5.49. The number of benzene rings is 1. The lowest BCUT2D eigenvalue weighted by Crippen LogP contribution is -2.33. The number of hydrogen-bond donors (Lipinski definition) is 1. The van der Waals surface area contributed by atoms with Gasteiger partial charge >= 0.3 is 5.97 Å². The highest BCUT2D eigenvalue weighted by molar-refractivity contribution is 6.06. The van der Waals surface area contributed by atoms with Gasteiger partial charge in [0.2, 0.25) is 0 Å². The van der Waals surface area contributed by atoms with E-state index in [0.29, 0.717) is 30.6 Å². The van der Waals surface area contributed by atoms with Crippen LogP contribution in [-0.2, 0) is 16.0 Å². The van der Waals surface area contributed by atoms with E-state index in [1.54, 1.807) is 13.2 Å². The smallest absolute Gasteiger partial charge is 0.337 e. The summed E-state index contributed by atoms with van der Waals surface area (Å²) in [7, 11) is 2.84. The quantitative estimate of drug-likeness (QED) is 0.850. The van der Waals surface area contributed by atoms with Crippen molar-refractivity contribution < 1.29 is 24.2 Å². The summed E-state index contributed by atoms with van der Waals surface area (Å²) in [5.41, 5.74) is 1.20. The van der Waals surface area contributed by atoms with Gasteiger partial charge in [0.1, 0.15) is 11.5 Å². The van der Waals surface area contributed by atoms with Crippen LogP contribution in [-0.4, -0.2) is 31.1 Å². The molecular formula is C17H18O5. The average Bonchev–Trinajstić information content (AvgIpc) is 2.81. The summed E-state index contributed by atoms with van der Waals surface area (Å²) in [5.74, 6) is 0.151. The molecule has 0 bridgehead atoms. The van der Waals surface area contributed by atoms with Crippen LogP contribution in [0, 0.1) is 5.41 Å². The Kier molecular flexibility index (Phi) is 3.43. The number of aliphatic hydroxyl groups is 1. The lowest BCUT2D eigenvalue weighted by atomic mass is 9.70. The Hall–Kier alpha value is -2.30. The van der Waals surface area contributed by atoms with Gasteiger partial charge in [0, 0.05) is 17.4 Å². The fraction of sp³-hybridized carbons (Fsp3) is 0.412. The highest BCUT2D eigenvalue weighted by atomic mass is 16.5. The van der Waals surface area contributed by atoms with E-state index in [2.05, 4.69) is 0 Å². The van der Waals surface area contributed by atoms with Gasteiger partial charge in [-0.05, 0) is 37.0 Å². The number of carbonyl (C=O) groups is 2. The topological polar surface area (TPSA) is 72.8 Å². The van der Waals surface area contributed by atoms with Crippen molar-refractivity contribution in [1.29, 1.82) is 0 Å². The van der Waals surface area contributed by atoms with Gasteiger partial charge in [-0.15, -0.1) is 0 Å². The number of fused-ring (bicyclic) bond motifs is 1. The molecule has 0 saturated carbocycles. The molecule has 5 heteroatoms. The molecule has 0 saturated heterocycles. The van der Waals surface area contributed by atoms with Gasteiger partial charge in [0.05, 0.1) is 19.8 Å². The minimum atomic E-state index is -0.648.